The van der Waals surface area contributed by atoms with Gasteiger partial charge in [0.25, 0.3) is 5.91 Å². The smallest absolute Gasteiger partial charge is 0.326 e. The molecule has 8 heteroatoms. The van der Waals surface area contributed by atoms with Crippen LogP contribution in [0.4, 0.5) is 0 Å². The highest BCUT2D eigenvalue weighted by Gasteiger charge is 2.22. The van der Waals surface area contributed by atoms with Crippen LogP contribution in [0.3, 0.4) is 0 Å². The van der Waals surface area contributed by atoms with E-state index in [0.29, 0.717) is 0 Å². The lowest BCUT2D eigenvalue weighted by Gasteiger charge is -2.15. The minimum Gasteiger partial charge on any atom is -0.480 e. The number of aliphatic carboxylic acids is 1. The van der Waals surface area contributed by atoms with E-state index in [1.807, 2.05) is 6.07 Å². The van der Waals surface area contributed by atoms with Gasteiger partial charge in [-0.3, -0.25) is 4.79 Å². The van der Waals surface area contributed by atoms with Crippen LogP contribution in [-0.2, 0) is 21.2 Å². The summed E-state index contributed by atoms with van der Waals surface area (Å²) in [5.41, 5.74) is 0.962. The zero-order valence-electron chi connectivity index (χ0n) is 15.0. The summed E-state index contributed by atoms with van der Waals surface area (Å²) in [6.07, 6.45) is 0.146. The van der Waals surface area contributed by atoms with Gasteiger partial charge in [0.15, 0.2) is 0 Å². The summed E-state index contributed by atoms with van der Waals surface area (Å²) in [5.74, 6) is -1.73. The van der Waals surface area contributed by atoms with Crippen LogP contribution < -0.4 is 10.0 Å². The van der Waals surface area contributed by atoms with Crippen molar-refractivity contribution in [2.45, 2.75) is 37.2 Å². The Morgan fingerprint density at radius 2 is 1.59 bits per heavy atom. The maximum atomic E-state index is 12.3. The third-order valence-corrected chi connectivity index (χ3v) is 5.38. The van der Waals surface area contributed by atoms with Crippen molar-refractivity contribution in [3.63, 3.8) is 0 Å². The third kappa shape index (κ3) is 5.90. The molecule has 7 nitrogen and oxygen atoms in total. The first-order valence-electron chi connectivity index (χ1n) is 8.39. The molecule has 0 aromatic heterocycles. The molecule has 2 aromatic rings. The number of sulfonamides is 1. The van der Waals surface area contributed by atoms with Gasteiger partial charge in [0, 0.05) is 18.0 Å². The number of hydrogen-bond acceptors (Lipinski definition) is 4. The van der Waals surface area contributed by atoms with Crippen LogP contribution >= 0.6 is 0 Å². The fourth-order valence-corrected chi connectivity index (χ4v) is 3.71. The van der Waals surface area contributed by atoms with E-state index in [2.05, 4.69) is 10.0 Å². The van der Waals surface area contributed by atoms with Crippen LogP contribution in [0.2, 0.25) is 0 Å². The summed E-state index contributed by atoms with van der Waals surface area (Å²) in [6.45, 7) is 3.41. The van der Waals surface area contributed by atoms with Crippen molar-refractivity contribution in [1.82, 2.24) is 10.0 Å². The Morgan fingerprint density at radius 3 is 2.11 bits per heavy atom. The van der Waals surface area contributed by atoms with E-state index in [0.717, 1.165) is 5.56 Å². The number of amides is 1. The summed E-state index contributed by atoms with van der Waals surface area (Å²) < 4.78 is 26.7. The molecule has 1 amide bonds. The Morgan fingerprint density at radius 1 is 1.00 bits per heavy atom. The van der Waals surface area contributed by atoms with Gasteiger partial charge >= 0.3 is 5.97 Å². The van der Waals surface area contributed by atoms with Crippen LogP contribution in [0.1, 0.15) is 29.8 Å². The third-order valence-electron chi connectivity index (χ3n) is 3.70. The van der Waals surface area contributed by atoms with E-state index in [-0.39, 0.29) is 22.9 Å². The topological polar surface area (TPSA) is 113 Å². The second-order valence-electron chi connectivity index (χ2n) is 6.35. The Labute approximate surface area is 158 Å². The van der Waals surface area contributed by atoms with Crippen molar-refractivity contribution < 1.29 is 23.1 Å². The molecule has 0 spiro atoms. The van der Waals surface area contributed by atoms with Crippen molar-refractivity contribution in [3.8, 4) is 0 Å². The Balaban J connectivity index is 2.11. The first kappa shape index (κ1) is 20.6. The molecule has 1 atom stereocenters. The predicted octanol–water partition coefficient (Wildman–Crippen LogP) is 1.80. The van der Waals surface area contributed by atoms with Crippen molar-refractivity contribution in [3.05, 3.63) is 65.7 Å². The highest BCUT2D eigenvalue weighted by Crippen LogP contribution is 2.12. The molecule has 2 rings (SSSR count). The molecule has 27 heavy (non-hydrogen) atoms. The molecule has 144 valence electrons. The molecular weight excluding hydrogens is 368 g/mol. The van der Waals surface area contributed by atoms with E-state index >= 15 is 0 Å². The summed E-state index contributed by atoms with van der Waals surface area (Å²) in [6, 6.07) is 12.9. The van der Waals surface area contributed by atoms with E-state index in [9.17, 15) is 23.1 Å². The number of carbonyl (C=O) groups is 2. The molecule has 0 bridgehead atoms. The maximum Gasteiger partial charge on any atom is 0.326 e. The van der Waals surface area contributed by atoms with E-state index < -0.39 is 27.9 Å². The Bertz CT molecular complexity index is 893. The summed E-state index contributed by atoms with van der Waals surface area (Å²) in [5, 5.41) is 11.8. The minimum absolute atomic E-state index is 0.0341. The average Bonchev–Trinajstić information content (AvgIpc) is 2.61. The highest BCUT2D eigenvalue weighted by atomic mass is 32.2. The number of hydrogen-bond donors (Lipinski definition) is 3. The SMILES string of the molecule is CC(C)NS(=O)(=O)c1ccc(C(=O)NC(Cc2ccccc2)C(=O)O)cc1. The second-order valence-corrected chi connectivity index (χ2v) is 8.07. The molecule has 1 unspecified atom stereocenters. The molecule has 3 N–H and O–H groups in total. The first-order chi connectivity index (χ1) is 12.7. The number of benzene rings is 2. The van der Waals surface area contributed by atoms with Gasteiger partial charge < -0.3 is 10.4 Å². The molecular formula is C19H22N2O5S. The van der Waals surface area contributed by atoms with Gasteiger partial charge in [-0.05, 0) is 43.7 Å². The van der Waals surface area contributed by atoms with E-state index in [1.165, 1.54) is 24.3 Å². The van der Waals surface area contributed by atoms with Crippen molar-refractivity contribution >= 4 is 21.9 Å². The molecule has 2 aromatic carbocycles. The van der Waals surface area contributed by atoms with Gasteiger partial charge in [-0.2, -0.15) is 0 Å². The summed E-state index contributed by atoms with van der Waals surface area (Å²) in [7, 11) is -3.66. The number of nitrogens with one attached hydrogen (secondary N) is 2. The second kappa shape index (κ2) is 8.79. The Hall–Kier alpha value is -2.71. The quantitative estimate of drug-likeness (QED) is 0.636. The minimum atomic E-state index is -3.66. The van der Waals surface area contributed by atoms with E-state index in [1.54, 1.807) is 38.1 Å². The summed E-state index contributed by atoms with van der Waals surface area (Å²) in [4.78, 5) is 23.8. The molecule has 0 aliphatic carbocycles. The molecule has 0 aliphatic heterocycles. The van der Waals surface area contributed by atoms with Crippen molar-refractivity contribution in [2.75, 3.05) is 0 Å². The molecule has 0 radical (unpaired) electrons. The zero-order chi connectivity index (χ0) is 20.0. The molecule has 0 saturated heterocycles. The normalized spacial score (nSPS) is 12.6. The van der Waals surface area contributed by atoms with Gasteiger partial charge in [0.1, 0.15) is 6.04 Å². The maximum absolute atomic E-state index is 12.3. The summed E-state index contributed by atoms with van der Waals surface area (Å²) >= 11 is 0. The van der Waals surface area contributed by atoms with Crippen molar-refractivity contribution in [2.24, 2.45) is 0 Å². The van der Waals surface area contributed by atoms with Crippen LogP contribution in [0.5, 0.6) is 0 Å². The Kier molecular flexibility index (Phi) is 6.70. The number of carboxylic acid groups (broad SMARTS) is 1. The predicted molar refractivity (Wildman–Crippen MR) is 101 cm³/mol. The standard InChI is InChI=1S/C19H22N2O5S/c1-13(2)21-27(25,26)16-10-8-15(9-11-16)18(22)20-17(19(23)24)12-14-6-4-3-5-7-14/h3-11,13,17,21H,12H2,1-2H3,(H,20,22)(H,23,24). The lowest BCUT2D eigenvalue weighted by atomic mass is 10.1. The lowest BCUT2D eigenvalue weighted by Crippen LogP contribution is -2.42. The number of carboxylic acids is 1. The molecule has 0 aliphatic rings. The fraction of sp³-hybridized carbons (Fsp3) is 0.263. The van der Waals surface area contributed by atoms with Crippen LogP contribution in [-0.4, -0.2) is 37.5 Å². The fourth-order valence-electron chi connectivity index (χ4n) is 2.46. The van der Waals surface area contributed by atoms with Gasteiger partial charge in [0.05, 0.1) is 4.90 Å². The van der Waals surface area contributed by atoms with Gasteiger partial charge in [-0.25, -0.2) is 17.9 Å². The monoisotopic (exact) mass is 390 g/mol. The van der Waals surface area contributed by atoms with Crippen LogP contribution in [0.15, 0.2) is 59.5 Å². The van der Waals surface area contributed by atoms with Crippen LogP contribution in [0, 0.1) is 0 Å². The molecule has 0 fully saturated rings. The van der Waals surface area contributed by atoms with Gasteiger partial charge in [-0.15, -0.1) is 0 Å². The zero-order valence-corrected chi connectivity index (χ0v) is 15.9. The number of rotatable bonds is 8. The van der Waals surface area contributed by atoms with E-state index in [4.69, 9.17) is 0 Å². The number of carbonyl (C=O) groups excluding carboxylic acids is 1. The van der Waals surface area contributed by atoms with Gasteiger partial charge in [-0.1, -0.05) is 30.3 Å². The van der Waals surface area contributed by atoms with Gasteiger partial charge in [0.2, 0.25) is 10.0 Å². The highest BCUT2D eigenvalue weighted by molar-refractivity contribution is 7.89. The molecule has 0 heterocycles. The largest absolute Gasteiger partial charge is 0.480 e. The molecule has 0 saturated carbocycles. The van der Waals surface area contributed by atoms with Crippen LogP contribution in [0.25, 0.3) is 0 Å². The first-order valence-corrected chi connectivity index (χ1v) is 9.87. The average molecular weight is 390 g/mol. The van der Waals surface area contributed by atoms with Crippen molar-refractivity contribution in [1.29, 1.82) is 0 Å². The lowest BCUT2D eigenvalue weighted by molar-refractivity contribution is -0.139.